The van der Waals surface area contributed by atoms with Crippen LogP contribution >= 0.6 is 0 Å². The fourth-order valence-electron chi connectivity index (χ4n) is 3.72. The van der Waals surface area contributed by atoms with Gasteiger partial charge in [-0.05, 0) is 60.6 Å². The zero-order valence-corrected chi connectivity index (χ0v) is 15.1. The van der Waals surface area contributed by atoms with Gasteiger partial charge in [0.15, 0.2) is 0 Å². The number of carbonyl (C=O) groups is 1. The van der Waals surface area contributed by atoms with Gasteiger partial charge in [-0.3, -0.25) is 9.20 Å². The van der Waals surface area contributed by atoms with Gasteiger partial charge in [0.05, 0.1) is 5.52 Å². The van der Waals surface area contributed by atoms with Crippen LogP contribution in [0.2, 0.25) is 0 Å². The third-order valence-corrected chi connectivity index (χ3v) is 5.25. The summed E-state index contributed by atoms with van der Waals surface area (Å²) in [4.78, 5) is 24.1. The lowest BCUT2D eigenvalue weighted by molar-refractivity contribution is 0.0694. The van der Waals surface area contributed by atoms with Crippen molar-refractivity contribution in [2.24, 2.45) is 0 Å². The third-order valence-electron chi connectivity index (χ3n) is 5.25. The van der Waals surface area contributed by atoms with Gasteiger partial charge in [0.2, 0.25) is 0 Å². The number of benzene rings is 1. The van der Waals surface area contributed by atoms with Gasteiger partial charge >= 0.3 is 5.97 Å². The van der Waals surface area contributed by atoms with Gasteiger partial charge in [0.25, 0.3) is 5.56 Å². The Labute approximate surface area is 159 Å². The van der Waals surface area contributed by atoms with Crippen LogP contribution in [0, 0.1) is 18.2 Å². The Morgan fingerprint density at radius 2 is 2.07 bits per heavy atom. The Balaban J connectivity index is 2.10. The summed E-state index contributed by atoms with van der Waals surface area (Å²) >= 11 is 0. The minimum absolute atomic E-state index is 0.161. The zero-order valence-electron chi connectivity index (χ0n) is 15.1. The Bertz CT molecular complexity index is 1230. The van der Waals surface area contributed by atoms with Crippen molar-refractivity contribution in [1.82, 2.24) is 4.40 Å². The number of nitrogens with two attached hydrogens (primary N) is 1. The summed E-state index contributed by atoms with van der Waals surface area (Å²) in [7, 11) is 0. The second-order valence-corrected chi connectivity index (χ2v) is 7.08. The molecule has 1 aliphatic rings. The second kappa shape index (κ2) is 6.30. The quantitative estimate of drug-likeness (QED) is 0.475. The average Bonchev–Trinajstić information content (AvgIpc) is 3.48. The molecule has 0 aliphatic heterocycles. The predicted molar refractivity (Wildman–Crippen MR) is 105 cm³/mol. The molecule has 0 saturated heterocycles. The summed E-state index contributed by atoms with van der Waals surface area (Å²) in [5.41, 5.74) is 8.31. The average molecular weight is 379 g/mol. The van der Waals surface area contributed by atoms with Gasteiger partial charge in [-0.15, -0.1) is 0 Å². The normalized spacial score (nSPS) is 13.6. The number of nitrogens with zero attached hydrogens (tertiary/aromatic N) is 1. The molecule has 4 rings (SSSR count). The molecule has 1 aromatic carbocycles. The molecule has 2 aromatic heterocycles. The summed E-state index contributed by atoms with van der Waals surface area (Å²) in [6.07, 6.45) is 3.96. The van der Waals surface area contributed by atoms with Gasteiger partial charge in [0, 0.05) is 29.2 Å². The van der Waals surface area contributed by atoms with E-state index in [1.165, 1.54) is 6.07 Å². The number of hydrogen-bond donors (Lipinski definition) is 3. The Morgan fingerprint density at radius 3 is 2.68 bits per heavy atom. The van der Waals surface area contributed by atoms with Crippen molar-refractivity contribution in [3.05, 3.63) is 68.9 Å². The molecule has 1 fully saturated rings. The number of carboxylic acid groups (broad SMARTS) is 1. The Hall–Kier alpha value is -3.48. The summed E-state index contributed by atoms with van der Waals surface area (Å²) in [6.45, 7) is 1.72. The molecule has 4 N–H and O–H groups in total. The molecular weight excluding hydrogens is 361 g/mol. The first kappa shape index (κ1) is 17.9. The number of aromatic carboxylic acids is 1. The van der Waals surface area contributed by atoms with Crippen molar-refractivity contribution < 1.29 is 14.3 Å². The molecule has 0 radical (unpaired) electrons. The van der Waals surface area contributed by atoms with Gasteiger partial charge < -0.3 is 16.2 Å². The summed E-state index contributed by atoms with van der Waals surface area (Å²) in [5.74, 6) is -1.80. The molecule has 0 spiro atoms. The van der Waals surface area contributed by atoms with Crippen LogP contribution in [0.1, 0.15) is 45.8 Å². The van der Waals surface area contributed by atoms with Gasteiger partial charge in [-0.2, -0.15) is 0 Å². The van der Waals surface area contributed by atoms with E-state index in [1.807, 2.05) is 0 Å². The van der Waals surface area contributed by atoms with E-state index in [0.29, 0.717) is 33.5 Å². The number of aryl methyl sites for hydroxylation is 1. The number of halogens is 1. The highest BCUT2D eigenvalue weighted by atomic mass is 19.1. The number of carboxylic acids is 1. The first-order chi connectivity index (χ1) is 13.3. The SMILES string of the molecule is Cc1c(-c2ccc(N)c(C=N)c2)c(F)cn2c(=O)c(C(=O)O)cc(C3CC3)c12. The molecule has 2 heterocycles. The van der Waals surface area contributed by atoms with Crippen LogP contribution in [0.5, 0.6) is 0 Å². The van der Waals surface area contributed by atoms with E-state index in [-0.39, 0.29) is 11.5 Å². The summed E-state index contributed by atoms with van der Waals surface area (Å²) < 4.78 is 16.2. The molecule has 7 heteroatoms. The number of hydrogen-bond acceptors (Lipinski definition) is 4. The number of rotatable bonds is 4. The molecule has 1 aliphatic carbocycles. The van der Waals surface area contributed by atoms with Crippen LogP contribution in [-0.2, 0) is 0 Å². The van der Waals surface area contributed by atoms with E-state index in [4.69, 9.17) is 11.1 Å². The zero-order chi connectivity index (χ0) is 20.2. The van der Waals surface area contributed by atoms with E-state index in [1.54, 1.807) is 25.1 Å². The molecular formula is C21H18FN3O3. The van der Waals surface area contributed by atoms with Crippen molar-refractivity contribution in [2.45, 2.75) is 25.7 Å². The lowest BCUT2D eigenvalue weighted by Gasteiger charge is -2.17. The molecule has 3 aromatic rings. The maximum absolute atomic E-state index is 15.1. The number of anilines is 1. The lowest BCUT2D eigenvalue weighted by atomic mass is 9.95. The van der Waals surface area contributed by atoms with Crippen LogP contribution in [0.3, 0.4) is 0 Å². The van der Waals surface area contributed by atoms with Gasteiger partial charge in [-0.1, -0.05) is 6.07 Å². The van der Waals surface area contributed by atoms with E-state index >= 15 is 4.39 Å². The smallest absolute Gasteiger partial charge is 0.341 e. The number of fused-ring (bicyclic) bond motifs is 1. The Morgan fingerprint density at radius 1 is 1.36 bits per heavy atom. The van der Waals surface area contributed by atoms with Crippen molar-refractivity contribution in [3.8, 4) is 11.1 Å². The second-order valence-electron chi connectivity index (χ2n) is 7.08. The van der Waals surface area contributed by atoms with Crippen LogP contribution in [0.15, 0.2) is 35.3 Å². The van der Waals surface area contributed by atoms with Crippen LogP contribution < -0.4 is 11.3 Å². The molecule has 0 bridgehead atoms. The van der Waals surface area contributed by atoms with Crippen LogP contribution in [-0.4, -0.2) is 21.7 Å². The number of pyridine rings is 2. The van der Waals surface area contributed by atoms with Crippen LogP contribution in [0.25, 0.3) is 16.6 Å². The minimum Gasteiger partial charge on any atom is -0.477 e. The van der Waals surface area contributed by atoms with E-state index < -0.39 is 17.3 Å². The van der Waals surface area contributed by atoms with Crippen molar-refractivity contribution in [2.75, 3.05) is 5.73 Å². The van der Waals surface area contributed by atoms with Gasteiger partial charge in [-0.25, -0.2) is 9.18 Å². The highest BCUT2D eigenvalue weighted by molar-refractivity contribution is 5.91. The maximum atomic E-state index is 15.1. The van der Waals surface area contributed by atoms with Crippen LogP contribution in [0.4, 0.5) is 10.1 Å². The molecule has 0 atom stereocenters. The maximum Gasteiger partial charge on any atom is 0.341 e. The predicted octanol–water partition coefficient (Wildman–Crippen LogP) is 3.57. The Kier molecular flexibility index (Phi) is 4.03. The van der Waals surface area contributed by atoms with Gasteiger partial charge in [0.1, 0.15) is 11.4 Å². The standard InChI is InChI=1S/C21H18FN3O3/c1-10-18(12-4-5-17(24)13(6-12)8-23)16(22)9-25-19(10)14(11-2-3-11)7-15(20(25)26)21(27)28/h4-9,11,23H,2-3,24H2,1H3,(H,27,28). The molecule has 6 nitrogen and oxygen atoms in total. The highest BCUT2D eigenvalue weighted by Gasteiger charge is 2.30. The van der Waals surface area contributed by atoms with E-state index in [9.17, 15) is 14.7 Å². The lowest BCUT2D eigenvalue weighted by Crippen LogP contribution is -2.24. The number of nitrogens with one attached hydrogen (secondary N) is 1. The third kappa shape index (κ3) is 2.67. The van der Waals surface area contributed by atoms with Crippen molar-refractivity contribution in [1.29, 1.82) is 5.41 Å². The largest absolute Gasteiger partial charge is 0.477 e. The first-order valence-electron chi connectivity index (χ1n) is 8.85. The topological polar surface area (TPSA) is 109 Å². The first-order valence-corrected chi connectivity index (χ1v) is 8.85. The molecule has 28 heavy (non-hydrogen) atoms. The fraction of sp³-hybridized carbons (Fsp3) is 0.190. The molecule has 142 valence electrons. The number of aromatic nitrogens is 1. The van der Waals surface area contributed by atoms with Crippen molar-refractivity contribution in [3.63, 3.8) is 0 Å². The minimum atomic E-state index is -1.32. The fourth-order valence-corrected chi connectivity index (χ4v) is 3.72. The molecule has 0 amide bonds. The summed E-state index contributed by atoms with van der Waals surface area (Å²) in [6, 6.07) is 6.34. The highest BCUT2D eigenvalue weighted by Crippen LogP contribution is 2.44. The monoisotopic (exact) mass is 379 g/mol. The van der Waals surface area contributed by atoms with E-state index in [2.05, 4.69) is 0 Å². The number of nitrogen functional groups attached to an aromatic ring is 1. The summed E-state index contributed by atoms with van der Waals surface area (Å²) in [5, 5.41) is 16.8. The van der Waals surface area contributed by atoms with E-state index in [0.717, 1.165) is 35.2 Å². The molecule has 0 unspecified atom stereocenters. The molecule has 1 saturated carbocycles. The van der Waals surface area contributed by atoms with Crippen molar-refractivity contribution >= 4 is 23.4 Å².